The Morgan fingerprint density at radius 3 is 1.45 bits per heavy atom. The summed E-state index contributed by atoms with van der Waals surface area (Å²) in [6.45, 7) is 0. The van der Waals surface area contributed by atoms with Crippen molar-refractivity contribution in [3.63, 3.8) is 0 Å². The Balaban J connectivity index is 1.62. The van der Waals surface area contributed by atoms with E-state index in [4.69, 9.17) is 0 Å². The highest BCUT2D eigenvalue weighted by molar-refractivity contribution is 5.63. The van der Waals surface area contributed by atoms with Gasteiger partial charge in [-0.25, -0.2) is 0 Å². The molecule has 0 fully saturated rings. The van der Waals surface area contributed by atoms with Crippen molar-refractivity contribution in [2.75, 3.05) is 0 Å². The van der Waals surface area contributed by atoms with Gasteiger partial charge in [0.1, 0.15) is 6.04 Å². The molecule has 0 radical (unpaired) electrons. The van der Waals surface area contributed by atoms with Crippen molar-refractivity contribution in [3.05, 3.63) is 132 Å². The van der Waals surface area contributed by atoms with E-state index in [-0.39, 0.29) is 6.04 Å². The zero-order valence-corrected chi connectivity index (χ0v) is 16.1. The van der Waals surface area contributed by atoms with Gasteiger partial charge in [0.2, 0.25) is 0 Å². The molecule has 29 heavy (non-hydrogen) atoms. The number of hydrogen-bond acceptors (Lipinski definition) is 2. The zero-order valence-electron chi connectivity index (χ0n) is 16.1. The lowest BCUT2D eigenvalue weighted by atomic mass is 9.96. The van der Waals surface area contributed by atoms with Crippen LogP contribution in [0.2, 0.25) is 0 Å². The quantitative estimate of drug-likeness (QED) is 0.430. The number of rotatable bonds is 6. The van der Waals surface area contributed by atoms with Crippen LogP contribution in [0.3, 0.4) is 0 Å². The first-order valence-electron chi connectivity index (χ1n) is 9.76. The summed E-state index contributed by atoms with van der Waals surface area (Å²) in [5, 5.41) is 13.4. The highest BCUT2D eigenvalue weighted by Crippen LogP contribution is 2.27. The molecule has 0 bridgehead atoms. The predicted octanol–water partition coefficient (Wildman–Crippen LogP) is 6.30. The van der Waals surface area contributed by atoms with Gasteiger partial charge in [-0.3, -0.25) is 5.32 Å². The van der Waals surface area contributed by atoms with Crippen molar-refractivity contribution in [2.24, 2.45) is 0 Å². The summed E-state index contributed by atoms with van der Waals surface area (Å²) in [5.41, 5.74) is 5.56. The first-order valence-corrected chi connectivity index (χ1v) is 9.76. The monoisotopic (exact) mass is 374 g/mol. The molecule has 0 aliphatic carbocycles. The third kappa shape index (κ3) is 4.43. The molecular weight excluding hydrogens is 352 g/mol. The van der Waals surface area contributed by atoms with Gasteiger partial charge < -0.3 is 0 Å². The number of nitrogens with zero attached hydrogens (tertiary/aromatic N) is 1. The molecule has 4 rings (SSSR count). The van der Waals surface area contributed by atoms with Crippen molar-refractivity contribution in [1.82, 2.24) is 5.32 Å². The maximum absolute atomic E-state index is 9.90. The fourth-order valence-corrected chi connectivity index (χ4v) is 3.55. The predicted molar refractivity (Wildman–Crippen MR) is 118 cm³/mol. The largest absolute Gasteiger partial charge is 0.287 e. The summed E-state index contributed by atoms with van der Waals surface area (Å²) >= 11 is 0. The van der Waals surface area contributed by atoms with Crippen LogP contribution in [0, 0.1) is 11.3 Å². The van der Waals surface area contributed by atoms with Crippen molar-refractivity contribution in [1.29, 1.82) is 5.26 Å². The molecule has 2 nitrogen and oxygen atoms in total. The molecule has 0 spiro atoms. The van der Waals surface area contributed by atoms with Crippen LogP contribution < -0.4 is 5.32 Å². The Hall–Kier alpha value is -3.67. The number of nitriles is 1. The van der Waals surface area contributed by atoms with Gasteiger partial charge in [0.15, 0.2) is 0 Å². The van der Waals surface area contributed by atoms with E-state index < -0.39 is 6.04 Å². The minimum atomic E-state index is -0.412. The summed E-state index contributed by atoms with van der Waals surface area (Å²) in [7, 11) is 0. The van der Waals surface area contributed by atoms with Crippen LogP contribution >= 0.6 is 0 Å². The van der Waals surface area contributed by atoms with Gasteiger partial charge in [0.05, 0.1) is 12.1 Å². The molecule has 140 valence electrons. The highest BCUT2D eigenvalue weighted by Gasteiger charge is 2.19. The summed E-state index contributed by atoms with van der Waals surface area (Å²) in [4.78, 5) is 0. The molecule has 0 aliphatic rings. The Morgan fingerprint density at radius 1 is 0.517 bits per heavy atom. The van der Waals surface area contributed by atoms with Gasteiger partial charge in [-0.2, -0.15) is 5.26 Å². The van der Waals surface area contributed by atoms with Crippen LogP contribution in [0.1, 0.15) is 28.8 Å². The highest BCUT2D eigenvalue weighted by atomic mass is 15.0. The molecule has 0 saturated carbocycles. The SMILES string of the molecule is N#CC(NC(c1ccccc1)c1ccccc1)c1ccc(-c2ccccc2)cc1. The van der Waals surface area contributed by atoms with Crippen LogP contribution in [-0.4, -0.2) is 0 Å². The van der Waals surface area contributed by atoms with Crippen molar-refractivity contribution >= 4 is 0 Å². The third-order valence-corrected chi connectivity index (χ3v) is 5.08. The molecule has 4 aromatic carbocycles. The zero-order chi connectivity index (χ0) is 19.9. The van der Waals surface area contributed by atoms with E-state index >= 15 is 0 Å². The van der Waals surface area contributed by atoms with E-state index in [9.17, 15) is 5.26 Å². The second-order valence-corrected chi connectivity index (χ2v) is 6.97. The van der Waals surface area contributed by atoms with Gasteiger partial charge in [0.25, 0.3) is 0 Å². The average Bonchev–Trinajstić information content (AvgIpc) is 2.82. The van der Waals surface area contributed by atoms with E-state index in [1.807, 2.05) is 66.7 Å². The van der Waals surface area contributed by atoms with Crippen LogP contribution in [0.5, 0.6) is 0 Å². The summed E-state index contributed by atoms with van der Waals surface area (Å²) in [5.74, 6) is 0. The Labute approximate surface area is 172 Å². The Bertz CT molecular complexity index is 1030. The standard InChI is InChI=1S/C27H22N2/c28-20-26(23-18-16-22(17-19-23)21-10-4-1-5-11-21)29-27(24-12-6-2-7-13-24)25-14-8-3-9-15-25/h1-19,26-27,29H. The summed E-state index contributed by atoms with van der Waals surface area (Å²) < 4.78 is 0. The maximum atomic E-state index is 9.90. The van der Waals surface area contributed by atoms with Crippen LogP contribution in [-0.2, 0) is 0 Å². The van der Waals surface area contributed by atoms with Crippen LogP contribution in [0.4, 0.5) is 0 Å². The smallest absolute Gasteiger partial charge is 0.122 e. The first-order chi connectivity index (χ1) is 14.3. The second-order valence-electron chi connectivity index (χ2n) is 6.97. The van der Waals surface area contributed by atoms with Crippen LogP contribution in [0.25, 0.3) is 11.1 Å². The molecule has 0 aliphatic heterocycles. The summed E-state index contributed by atoms with van der Waals surface area (Å²) in [6, 6.07) is 41.0. The fraction of sp³-hybridized carbons (Fsp3) is 0.0741. The Morgan fingerprint density at radius 2 is 0.966 bits per heavy atom. The molecule has 4 aromatic rings. The number of hydrogen-bond donors (Lipinski definition) is 1. The average molecular weight is 374 g/mol. The number of nitrogens with one attached hydrogen (secondary N) is 1. The Kier molecular flexibility index (Phi) is 5.81. The maximum Gasteiger partial charge on any atom is 0.122 e. The first kappa shape index (κ1) is 18.7. The van der Waals surface area contributed by atoms with E-state index in [0.717, 1.165) is 22.3 Å². The normalized spacial score (nSPS) is 11.7. The molecule has 1 atom stereocenters. The van der Waals surface area contributed by atoms with Crippen LogP contribution in [0.15, 0.2) is 115 Å². The van der Waals surface area contributed by atoms with Crippen molar-refractivity contribution in [3.8, 4) is 17.2 Å². The lowest BCUT2D eigenvalue weighted by Gasteiger charge is -2.23. The molecule has 2 heteroatoms. The molecule has 0 amide bonds. The van der Waals surface area contributed by atoms with Crippen molar-refractivity contribution < 1.29 is 0 Å². The third-order valence-electron chi connectivity index (χ3n) is 5.08. The van der Waals surface area contributed by atoms with E-state index in [0.29, 0.717) is 0 Å². The lowest BCUT2D eigenvalue weighted by Crippen LogP contribution is -2.26. The lowest BCUT2D eigenvalue weighted by molar-refractivity contribution is 0.559. The van der Waals surface area contributed by atoms with Gasteiger partial charge in [-0.15, -0.1) is 0 Å². The van der Waals surface area contributed by atoms with Gasteiger partial charge in [0, 0.05) is 0 Å². The topological polar surface area (TPSA) is 35.8 Å². The van der Waals surface area contributed by atoms with Gasteiger partial charge >= 0.3 is 0 Å². The van der Waals surface area contributed by atoms with Gasteiger partial charge in [-0.1, -0.05) is 115 Å². The molecule has 1 unspecified atom stereocenters. The molecule has 0 heterocycles. The van der Waals surface area contributed by atoms with Gasteiger partial charge in [-0.05, 0) is 27.8 Å². The molecular formula is C27H22N2. The van der Waals surface area contributed by atoms with E-state index in [1.165, 1.54) is 5.56 Å². The number of benzene rings is 4. The van der Waals surface area contributed by atoms with Crippen molar-refractivity contribution in [2.45, 2.75) is 12.1 Å². The van der Waals surface area contributed by atoms with E-state index in [2.05, 4.69) is 59.9 Å². The molecule has 0 saturated heterocycles. The second kappa shape index (κ2) is 9.01. The van der Waals surface area contributed by atoms with E-state index in [1.54, 1.807) is 0 Å². The fourth-order valence-electron chi connectivity index (χ4n) is 3.55. The minimum absolute atomic E-state index is 0.0594. The molecule has 1 N–H and O–H groups in total. The molecule has 0 aromatic heterocycles. The minimum Gasteiger partial charge on any atom is -0.287 e. The summed E-state index contributed by atoms with van der Waals surface area (Å²) in [6.07, 6.45) is 0.